The number of nitrogens with one attached hydrogen (secondary N) is 1. The van der Waals surface area contributed by atoms with Gasteiger partial charge in [-0.1, -0.05) is 76.6 Å². The van der Waals surface area contributed by atoms with E-state index in [0.29, 0.717) is 0 Å². The molecule has 0 spiro atoms. The summed E-state index contributed by atoms with van der Waals surface area (Å²) in [4.78, 5) is 28.8. The number of carbonyl (C=O) groups is 2. The van der Waals surface area contributed by atoms with Gasteiger partial charge in [-0.3, -0.25) is 13.9 Å². The normalized spacial score (nSPS) is 11.9. The van der Waals surface area contributed by atoms with Crippen LogP contribution < -0.4 is 9.62 Å². The Kier molecular flexibility index (Phi) is 9.91. The first-order valence-electron chi connectivity index (χ1n) is 12.8. The van der Waals surface area contributed by atoms with Crippen LogP contribution in [-0.4, -0.2) is 44.8 Å². The lowest BCUT2D eigenvalue weighted by Crippen LogP contribution is -2.53. The summed E-state index contributed by atoms with van der Waals surface area (Å²) in [7, 11) is -2.74. The highest BCUT2D eigenvalue weighted by atomic mass is 79.9. The molecule has 0 saturated carbocycles. The number of sulfonamides is 1. The number of halogens is 2. The van der Waals surface area contributed by atoms with Crippen molar-refractivity contribution in [3.05, 3.63) is 131 Å². The number of hydrogen-bond acceptors (Lipinski definition) is 4. The molecule has 0 aliphatic heterocycles. The van der Waals surface area contributed by atoms with E-state index < -0.39 is 40.2 Å². The summed E-state index contributed by atoms with van der Waals surface area (Å²) in [6.07, 6.45) is 0.211. The van der Waals surface area contributed by atoms with E-state index in [1.54, 1.807) is 18.2 Å². The molecular formula is C31H29BrFN3O4S. The number of hydrogen-bond donors (Lipinski definition) is 1. The standard InChI is InChI=1S/C31H29BrFN3O4S/c1-34-31(38)29(20-23-9-4-2-5-10-23)35(21-24-11-8-12-25(32)19-24)30(37)22-36(27-17-15-26(33)16-18-27)41(39,40)28-13-6-3-7-14-28/h2-19,29H,20-22H2,1H3,(H,34,38). The van der Waals surface area contributed by atoms with Gasteiger partial charge in [-0.2, -0.15) is 0 Å². The molecule has 0 bridgehead atoms. The van der Waals surface area contributed by atoms with Gasteiger partial charge >= 0.3 is 0 Å². The SMILES string of the molecule is CNC(=O)C(Cc1ccccc1)N(Cc1cccc(Br)c1)C(=O)CN(c1ccc(F)cc1)S(=O)(=O)c1ccccc1. The highest BCUT2D eigenvalue weighted by Crippen LogP contribution is 2.25. The zero-order valence-electron chi connectivity index (χ0n) is 22.3. The number of nitrogens with zero attached hydrogens (tertiary/aromatic N) is 2. The van der Waals surface area contributed by atoms with Crippen molar-refractivity contribution in [2.75, 3.05) is 17.9 Å². The first kappa shape index (κ1) is 30.0. The molecule has 212 valence electrons. The first-order valence-corrected chi connectivity index (χ1v) is 15.0. The first-order chi connectivity index (χ1) is 19.7. The molecule has 0 aromatic heterocycles. The Bertz CT molecular complexity index is 1590. The van der Waals surface area contributed by atoms with Gasteiger partial charge in [0, 0.05) is 24.5 Å². The van der Waals surface area contributed by atoms with Crippen molar-refractivity contribution in [1.82, 2.24) is 10.2 Å². The molecule has 0 aliphatic rings. The second-order valence-corrected chi connectivity index (χ2v) is 12.1. The molecule has 0 saturated heterocycles. The maximum Gasteiger partial charge on any atom is 0.264 e. The molecule has 1 N–H and O–H groups in total. The highest BCUT2D eigenvalue weighted by molar-refractivity contribution is 9.10. The van der Waals surface area contributed by atoms with E-state index in [-0.39, 0.29) is 23.5 Å². The summed E-state index contributed by atoms with van der Waals surface area (Å²) < 4.78 is 43.1. The van der Waals surface area contributed by atoms with Crippen LogP contribution in [-0.2, 0) is 32.6 Å². The highest BCUT2D eigenvalue weighted by Gasteiger charge is 2.34. The van der Waals surface area contributed by atoms with Crippen LogP contribution in [0.2, 0.25) is 0 Å². The smallest absolute Gasteiger partial charge is 0.264 e. The molecule has 0 fully saturated rings. The Morgan fingerprint density at radius 3 is 2.07 bits per heavy atom. The fourth-order valence-electron chi connectivity index (χ4n) is 4.41. The summed E-state index contributed by atoms with van der Waals surface area (Å²) >= 11 is 3.45. The Morgan fingerprint density at radius 1 is 0.854 bits per heavy atom. The number of carbonyl (C=O) groups excluding carboxylic acids is 2. The van der Waals surface area contributed by atoms with E-state index in [4.69, 9.17) is 0 Å². The molecule has 4 rings (SSSR count). The summed E-state index contributed by atoms with van der Waals surface area (Å²) in [5, 5.41) is 2.65. The van der Waals surface area contributed by atoms with Crippen molar-refractivity contribution in [2.24, 2.45) is 0 Å². The average Bonchev–Trinajstić information content (AvgIpc) is 2.98. The van der Waals surface area contributed by atoms with Gasteiger partial charge in [0.1, 0.15) is 18.4 Å². The monoisotopic (exact) mass is 637 g/mol. The molecule has 1 atom stereocenters. The van der Waals surface area contributed by atoms with E-state index in [1.165, 1.54) is 36.2 Å². The van der Waals surface area contributed by atoms with Crippen LogP contribution >= 0.6 is 15.9 Å². The number of likely N-dealkylation sites (N-methyl/N-ethyl adjacent to an activating group) is 1. The number of amides is 2. The lowest BCUT2D eigenvalue weighted by atomic mass is 10.0. The number of anilines is 1. The lowest BCUT2D eigenvalue weighted by molar-refractivity contribution is -0.139. The van der Waals surface area contributed by atoms with Gasteiger partial charge in [0.05, 0.1) is 10.6 Å². The predicted molar refractivity (Wildman–Crippen MR) is 160 cm³/mol. The molecule has 41 heavy (non-hydrogen) atoms. The van der Waals surface area contributed by atoms with Gasteiger partial charge in [-0.05, 0) is 59.7 Å². The third-order valence-corrected chi connectivity index (χ3v) is 8.77. The number of benzene rings is 4. The maximum absolute atomic E-state index is 14.2. The Balaban J connectivity index is 1.78. The summed E-state index contributed by atoms with van der Waals surface area (Å²) in [6, 6.07) is 28.3. The van der Waals surface area contributed by atoms with Gasteiger partial charge in [-0.15, -0.1) is 0 Å². The van der Waals surface area contributed by atoms with E-state index >= 15 is 0 Å². The minimum atomic E-state index is -4.23. The number of rotatable bonds is 11. The summed E-state index contributed by atoms with van der Waals surface area (Å²) in [5.41, 5.74) is 1.69. The van der Waals surface area contributed by atoms with Crippen molar-refractivity contribution in [3.8, 4) is 0 Å². The second kappa shape index (κ2) is 13.6. The fraction of sp³-hybridized carbons (Fsp3) is 0.161. The van der Waals surface area contributed by atoms with Crippen molar-refractivity contribution in [2.45, 2.75) is 23.9 Å². The Morgan fingerprint density at radius 2 is 1.46 bits per heavy atom. The van der Waals surface area contributed by atoms with Crippen molar-refractivity contribution < 1.29 is 22.4 Å². The van der Waals surface area contributed by atoms with Crippen molar-refractivity contribution in [1.29, 1.82) is 0 Å². The molecule has 10 heteroatoms. The van der Waals surface area contributed by atoms with Gasteiger partial charge < -0.3 is 10.2 Å². The Labute approximate surface area is 247 Å². The van der Waals surface area contributed by atoms with Crippen LogP contribution in [0.25, 0.3) is 0 Å². The fourth-order valence-corrected chi connectivity index (χ4v) is 6.29. The molecule has 4 aromatic carbocycles. The van der Waals surface area contributed by atoms with E-state index in [1.807, 2.05) is 54.6 Å². The molecule has 7 nitrogen and oxygen atoms in total. The van der Waals surface area contributed by atoms with Gasteiger partial charge in [0.15, 0.2) is 0 Å². The average molecular weight is 639 g/mol. The third kappa shape index (κ3) is 7.59. The molecule has 2 amide bonds. The zero-order valence-corrected chi connectivity index (χ0v) is 24.7. The minimum absolute atomic E-state index is 0.0252. The van der Waals surface area contributed by atoms with Crippen LogP contribution in [0, 0.1) is 5.82 Å². The Hall–Kier alpha value is -4.02. The molecular weight excluding hydrogens is 609 g/mol. The van der Waals surface area contributed by atoms with Crippen LogP contribution in [0.5, 0.6) is 0 Å². The zero-order chi connectivity index (χ0) is 29.4. The molecule has 0 heterocycles. The van der Waals surface area contributed by atoms with Gasteiger partial charge in [0.25, 0.3) is 10.0 Å². The molecule has 0 radical (unpaired) electrons. The van der Waals surface area contributed by atoms with Gasteiger partial charge in [0.2, 0.25) is 11.8 Å². The van der Waals surface area contributed by atoms with Crippen LogP contribution in [0.15, 0.2) is 119 Å². The quantitative estimate of drug-likeness (QED) is 0.246. The van der Waals surface area contributed by atoms with Crippen molar-refractivity contribution in [3.63, 3.8) is 0 Å². The van der Waals surface area contributed by atoms with Gasteiger partial charge in [-0.25, -0.2) is 12.8 Å². The molecule has 1 unspecified atom stereocenters. The van der Waals surface area contributed by atoms with Crippen LogP contribution in [0.1, 0.15) is 11.1 Å². The predicted octanol–water partition coefficient (Wildman–Crippen LogP) is 5.17. The van der Waals surface area contributed by atoms with E-state index in [0.717, 1.165) is 32.0 Å². The lowest BCUT2D eigenvalue weighted by Gasteiger charge is -2.33. The van der Waals surface area contributed by atoms with Crippen LogP contribution in [0.4, 0.5) is 10.1 Å². The molecule has 4 aromatic rings. The topological polar surface area (TPSA) is 86.8 Å². The van der Waals surface area contributed by atoms with E-state index in [2.05, 4.69) is 21.2 Å². The maximum atomic E-state index is 14.2. The van der Waals surface area contributed by atoms with Crippen molar-refractivity contribution >= 4 is 43.5 Å². The van der Waals surface area contributed by atoms with Crippen LogP contribution in [0.3, 0.4) is 0 Å². The third-order valence-electron chi connectivity index (χ3n) is 6.48. The van der Waals surface area contributed by atoms with E-state index in [9.17, 15) is 22.4 Å². The minimum Gasteiger partial charge on any atom is -0.357 e. The second-order valence-electron chi connectivity index (χ2n) is 9.27. The summed E-state index contributed by atoms with van der Waals surface area (Å²) in [6.45, 7) is -0.565. The molecule has 0 aliphatic carbocycles. The summed E-state index contributed by atoms with van der Waals surface area (Å²) in [5.74, 6) is -1.54. The largest absolute Gasteiger partial charge is 0.357 e.